The number of ether oxygens (including phenoxy) is 1. The molecule has 0 heterocycles. The van der Waals surface area contributed by atoms with Gasteiger partial charge in [0.2, 0.25) is 0 Å². The maximum absolute atomic E-state index is 14.1. The summed E-state index contributed by atoms with van der Waals surface area (Å²) in [6, 6.07) is 7.33. The number of carbonyl (C=O) groups is 2. The van der Waals surface area contributed by atoms with Crippen LogP contribution < -0.4 is 10.1 Å². The summed E-state index contributed by atoms with van der Waals surface area (Å²) >= 11 is 0. The third-order valence-corrected chi connectivity index (χ3v) is 10.4. The number of hydrogen-bond acceptors (Lipinski definition) is 4. The summed E-state index contributed by atoms with van der Waals surface area (Å²) in [6.07, 6.45) is 21.2. The van der Waals surface area contributed by atoms with E-state index in [4.69, 9.17) is 4.74 Å². The highest BCUT2D eigenvalue weighted by Gasteiger charge is 2.32. The van der Waals surface area contributed by atoms with Gasteiger partial charge in [0.15, 0.2) is 0 Å². The molecule has 2 aromatic carbocycles. The molecule has 0 aliphatic carbocycles. The minimum Gasteiger partial charge on any atom is -0.507 e. The summed E-state index contributed by atoms with van der Waals surface area (Å²) in [4.78, 5) is 27.6. The Labute approximate surface area is 325 Å². The van der Waals surface area contributed by atoms with E-state index in [9.17, 15) is 14.7 Å². The van der Waals surface area contributed by atoms with E-state index in [1.165, 1.54) is 89.9 Å². The zero-order chi connectivity index (χ0) is 40.0. The van der Waals surface area contributed by atoms with Crippen LogP contribution in [0.5, 0.6) is 11.5 Å². The molecule has 0 saturated heterocycles. The number of unbranched alkanes of at least 4 members (excludes halogenated alkanes) is 15. The van der Waals surface area contributed by atoms with Gasteiger partial charge in [0, 0.05) is 34.4 Å². The highest BCUT2D eigenvalue weighted by molar-refractivity contribution is 5.96. The van der Waals surface area contributed by atoms with Gasteiger partial charge in [-0.1, -0.05) is 186 Å². The van der Waals surface area contributed by atoms with Crippen molar-refractivity contribution in [2.24, 2.45) is 0 Å². The summed E-state index contributed by atoms with van der Waals surface area (Å²) in [6.45, 7) is 27.6. The number of esters is 1. The van der Waals surface area contributed by atoms with E-state index in [0.29, 0.717) is 34.5 Å². The summed E-state index contributed by atoms with van der Waals surface area (Å²) in [5.74, 6) is 0.162. The Hall–Kier alpha value is -2.82. The lowest BCUT2D eigenvalue weighted by atomic mass is 9.78. The Morgan fingerprint density at radius 1 is 0.509 bits per heavy atom. The van der Waals surface area contributed by atoms with Crippen molar-refractivity contribution in [2.75, 3.05) is 6.54 Å². The molecule has 0 bridgehead atoms. The largest absolute Gasteiger partial charge is 0.507 e. The zero-order valence-corrected chi connectivity index (χ0v) is 36.5. The lowest BCUT2D eigenvalue weighted by Crippen LogP contribution is -2.28. The summed E-state index contributed by atoms with van der Waals surface area (Å²) in [5, 5.41) is 14.4. The maximum Gasteiger partial charge on any atom is 0.343 e. The van der Waals surface area contributed by atoms with E-state index in [0.717, 1.165) is 24.0 Å². The molecular formula is C48H79NO4. The average molecular weight is 734 g/mol. The quantitative estimate of drug-likeness (QED) is 0.0807. The molecule has 5 nitrogen and oxygen atoms in total. The van der Waals surface area contributed by atoms with Crippen molar-refractivity contribution in [2.45, 2.75) is 214 Å². The van der Waals surface area contributed by atoms with Crippen molar-refractivity contribution in [1.82, 2.24) is 5.32 Å². The average Bonchev–Trinajstić information content (AvgIpc) is 3.04. The van der Waals surface area contributed by atoms with Crippen molar-refractivity contribution >= 4 is 11.9 Å². The van der Waals surface area contributed by atoms with E-state index in [2.05, 4.69) is 53.8 Å². The van der Waals surface area contributed by atoms with Crippen molar-refractivity contribution < 1.29 is 19.4 Å². The second-order valence-corrected chi connectivity index (χ2v) is 19.8. The molecule has 0 aromatic heterocycles. The number of carbonyl (C=O) groups excluding carboxylic acids is 2. The summed E-state index contributed by atoms with van der Waals surface area (Å²) < 4.78 is 6.37. The predicted molar refractivity (Wildman–Crippen MR) is 226 cm³/mol. The second-order valence-electron chi connectivity index (χ2n) is 19.8. The van der Waals surface area contributed by atoms with Gasteiger partial charge in [-0.15, -0.1) is 0 Å². The molecule has 300 valence electrons. The van der Waals surface area contributed by atoms with Gasteiger partial charge in [-0.3, -0.25) is 4.79 Å². The van der Waals surface area contributed by atoms with Crippen molar-refractivity contribution in [3.8, 4) is 11.5 Å². The predicted octanol–water partition coefficient (Wildman–Crippen LogP) is 13.8. The van der Waals surface area contributed by atoms with Crippen molar-refractivity contribution in [1.29, 1.82) is 0 Å². The Balaban J connectivity index is 2.06. The Morgan fingerprint density at radius 3 is 1.17 bits per heavy atom. The minimum atomic E-state index is -0.474. The van der Waals surface area contributed by atoms with Crippen LogP contribution in [0.1, 0.15) is 236 Å². The molecule has 0 radical (unpaired) electrons. The molecule has 5 heteroatoms. The number of phenols is 1. The number of amides is 1. The van der Waals surface area contributed by atoms with Gasteiger partial charge >= 0.3 is 5.97 Å². The number of hydrogen-bond donors (Lipinski definition) is 2. The van der Waals surface area contributed by atoms with Crippen LogP contribution in [0.2, 0.25) is 0 Å². The lowest BCUT2D eigenvalue weighted by molar-refractivity contribution is 0.0728. The van der Waals surface area contributed by atoms with Crippen molar-refractivity contribution in [3.05, 3.63) is 57.6 Å². The molecule has 0 atom stereocenters. The Kier molecular flexibility index (Phi) is 18.1. The first-order chi connectivity index (χ1) is 24.6. The van der Waals surface area contributed by atoms with Crippen LogP contribution >= 0.6 is 0 Å². The van der Waals surface area contributed by atoms with Gasteiger partial charge in [0.25, 0.3) is 5.91 Å². The highest BCUT2D eigenvalue weighted by Crippen LogP contribution is 2.43. The standard InChI is InChI=1S/C48H79NO4/c1-14-15-16-17-18-19-20-21-22-23-24-25-26-27-28-29-30-49-43(51)35-31-39(47(8,9)10)42(40(32-35)48(11,12)13)53-44(52)36-33-37(45(2,3)4)41(50)38(34-36)46(5,6)7/h31-34,50H,14-30H2,1-13H3,(H,49,51). The second kappa shape index (κ2) is 20.7. The minimum absolute atomic E-state index is 0.0944. The van der Waals surface area contributed by atoms with E-state index >= 15 is 0 Å². The smallest absolute Gasteiger partial charge is 0.343 e. The van der Waals surface area contributed by atoms with Crippen LogP contribution in [0.3, 0.4) is 0 Å². The summed E-state index contributed by atoms with van der Waals surface area (Å²) in [5.41, 5.74) is 2.48. The fraction of sp³-hybridized carbons (Fsp3) is 0.708. The van der Waals surface area contributed by atoms with E-state index in [1.54, 1.807) is 12.1 Å². The molecule has 2 N–H and O–H groups in total. The van der Waals surface area contributed by atoms with Crippen LogP contribution in [0, 0.1) is 0 Å². The van der Waals surface area contributed by atoms with E-state index in [-0.39, 0.29) is 22.5 Å². The fourth-order valence-corrected chi connectivity index (χ4v) is 7.01. The van der Waals surface area contributed by atoms with E-state index in [1.807, 2.05) is 53.7 Å². The molecule has 0 unspecified atom stereocenters. The first-order valence-corrected chi connectivity index (χ1v) is 21.2. The number of rotatable bonds is 20. The molecular weight excluding hydrogens is 655 g/mol. The first-order valence-electron chi connectivity index (χ1n) is 21.2. The van der Waals surface area contributed by atoms with Gasteiger partial charge in [-0.25, -0.2) is 4.79 Å². The monoisotopic (exact) mass is 734 g/mol. The normalized spacial score (nSPS) is 12.6. The third kappa shape index (κ3) is 15.4. The molecule has 0 spiro atoms. The topological polar surface area (TPSA) is 75.6 Å². The van der Waals surface area contributed by atoms with Gasteiger partial charge in [-0.05, 0) is 52.3 Å². The number of benzene rings is 2. The SMILES string of the molecule is CCCCCCCCCCCCCCCCCCNC(=O)c1cc(C(C)(C)C)c(OC(=O)c2cc(C(C)(C)C)c(O)c(C(C)(C)C)c2)c(C(C)(C)C)c1. The molecule has 0 fully saturated rings. The molecule has 2 aromatic rings. The summed E-state index contributed by atoms with van der Waals surface area (Å²) in [7, 11) is 0. The molecule has 53 heavy (non-hydrogen) atoms. The number of aromatic hydroxyl groups is 1. The first kappa shape index (κ1) is 46.3. The maximum atomic E-state index is 14.1. The van der Waals surface area contributed by atoms with Gasteiger partial charge in [-0.2, -0.15) is 0 Å². The molecule has 2 rings (SSSR count). The van der Waals surface area contributed by atoms with Crippen LogP contribution in [-0.2, 0) is 21.7 Å². The number of nitrogens with one attached hydrogen (secondary N) is 1. The van der Waals surface area contributed by atoms with Crippen LogP contribution in [-0.4, -0.2) is 23.5 Å². The molecule has 0 aliphatic heterocycles. The van der Waals surface area contributed by atoms with Crippen molar-refractivity contribution in [3.63, 3.8) is 0 Å². The van der Waals surface area contributed by atoms with Gasteiger partial charge in [0.1, 0.15) is 11.5 Å². The van der Waals surface area contributed by atoms with Crippen LogP contribution in [0.25, 0.3) is 0 Å². The van der Waals surface area contributed by atoms with Crippen LogP contribution in [0.4, 0.5) is 0 Å². The lowest BCUT2D eigenvalue weighted by Gasteiger charge is -2.30. The molecule has 1 amide bonds. The number of phenolic OH excluding ortho intramolecular Hbond substituents is 1. The Bertz CT molecular complexity index is 1370. The third-order valence-electron chi connectivity index (χ3n) is 10.4. The van der Waals surface area contributed by atoms with Crippen LogP contribution in [0.15, 0.2) is 24.3 Å². The van der Waals surface area contributed by atoms with Gasteiger partial charge in [0.05, 0.1) is 5.56 Å². The zero-order valence-electron chi connectivity index (χ0n) is 36.5. The van der Waals surface area contributed by atoms with E-state index < -0.39 is 16.8 Å². The molecule has 0 saturated carbocycles. The van der Waals surface area contributed by atoms with Gasteiger partial charge < -0.3 is 15.2 Å². The molecule has 0 aliphatic rings. The highest BCUT2D eigenvalue weighted by atomic mass is 16.5. The Morgan fingerprint density at radius 2 is 0.830 bits per heavy atom. The fourth-order valence-electron chi connectivity index (χ4n) is 7.01.